The van der Waals surface area contributed by atoms with E-state index < -0.39 is 11.6 Å². The summed E-state index contributed by atoms with van der Waals surface area (Å²) in [6.07, 6.45) is 0. The average molecular weight is 1830 g/mol. The summed E-state index contributed by atoms with van der Waals surface area (Å²) >= 11 is 39.9. The number of hydrogen-bond donors (Lipinski definition) is 2. The van der Waals surface area contributed by atoms with E-state index in [2.05, 4.69) is 182 Å². The fourth-order valence-electron chi connectivity index (χ4n) is 4.10. The molecule has 30 heteroatoms. The van der Waals surface area contributed by atoms with Crippen LogP contribution < -0.4 is 11.0 Å². The third-order valence-corrected chi connectivity index (χ3v) is 22.0. The lowest BCUT2D eigenvalue weighted by atomic mass is 10.2. The van der Waals surface area contributed by atoms with Gasteiger partial charge in [-0.2, -0.15) is 11.3 Å². The number of methoxy groups -OCH3 is 4. The van der Waals surface area contributed by atoms with Crippen LogP contribution in [-0.2, 0) is 54.6 Å². The lowest BCUT2D eigenvalue weighted by Gasteiger charge is -2.25. The highest BCUT2D eigenvalue weighted by Gasteiger charge is 2.31. The van der Waals surface area contributed by atoms with Gasteiger partial charge in [0.1, 0.15) is 0 Å². The summed E-state index contributed by atoms with van der Waals surface area (Å²) in [6.45, 7) is 13.8. The van der Waals surface area contributed by atoms with Gasteiger partial charge >= 0.3 is 0 Å². The van der Waals surface area contributed by atoms with Crippen molar-refractivity contribution in [1.29, 1.82) is 0 Å². The third kappa shape index (κ3) is 40.0. The molecule has 0 unspecified atom stereocenters. The smallest absolute Gasteiger partial charge is 0.242 e. The zero-order valence-corrected chi connectivity index (χ0v) is 64.9. The van der Waals surface area contributed by atoms with Crippen molar-refractivity contribution < 1.29 is 52.6 Å². The molecule has 6 heterocycles. The van der Waals surface area contributed by atoms with Crippen molar-refractivity contribution >= 4 is 247 Å². The van der Waals surface area contributed by atoms with Crippen LogP contribution >= 0.6 is 224 Å². The Labute approximate surface area is 574 Å². The second-order valence-corrected chi connectivity index (χ2v) is 30.0. The summed E-state index contributed by atoms with van der Waals surface area (Å²) < 4.78 is 30.5. The number of Topliss-reactive ketones (excluding diaryl/α,β-unsaturated/α-hetero) is 2. The van der Waals surface area contributed by atoms with Gasteiger partial charge in [-0.3, -0.25) is 28.9 Å². The zero-order valence-electron chi connectivity index (χ0n) is 44.9. The minimum atomic E-state index is -0.671. The molecule has 2 N–H and O–H groups in total. The first-order valence-corrected chi connectivity index (χ1v) is 33.0. The largest absolute Gasteiger partial charge is 0.349 e. The molecule has 454 valence electrons. The fourth-order valence-corrected chi connectivity index (χ4v) is 17.4. The van der Waals surface area contributed by atoms with Crippen LogP contribution in [0.5, 0.6) is 0 Å². The Balaban J connectivity index is -0.000000193. The maximum Gasteiger partial charge on any atom is 0.242 e. The number of carbonyl (C=O) groups is 4. The Morgan fingerprint density at radius 3 is 1.05 bits per heavy atom. The van der Waals surface area contributed by atoms with E-state index in [1.54, 1.807) is 109 Å². The van der Waals surface area contributed by atoms with E-state index in [0.717, 1.165) is 67.0 Å². The summed E-state index contributed by atoms with van der Waals surface area (Å²) in [5, 5.41) is 5.24. The molecule has 0 aliphatic heterocycles. The number of ketones is 2. The molecule has 2 amide bonds. The molecule has 0 spiro atoms. The van der Waals surface area contributed by atoms with Gasteiger partial charge in [-0.25, -0.2) is 16.0 Å². The SMILES string of the molecule is Brc1cc(Br)c(Br)s1.C.C.CC(=O)c1sc(Br)cc1Br.CC(=O)c1sc(C)cc1Br.CNOC.COC(C)(OC)c1sc(Br)cc1Br.COC(C)(OC)c1sc(C)cc1Br.CON(C)C(C)=O.CONC(C)=O.Cl.c1ccsc1. The Kier molecular flexibility index (Phi) is 58.6. The van der Waals surface area contributed by atoms with E-state index in [4.69, 9.17) is 18.9 Å². The van der Waals surface area contributed by atoms with Crippen LogP contribution in [0, 0.1) is 13.8 Å². The Morgan fingerprint density at radius 2 is 0.886 bits per heavy atom. The van der Waals surface area contributed by atoms with Gasteiger partial charge in [-0.15, -0.1) is 69.1 Å². The number of hydrogen-bond acceptors (Lipinski definition) is 18. The molecule has 0 saturated heterocycles. The number of amides is 2. The molecule has 0 aromatic carbocycles. The summed E-state index contributed by atoms with van der Waals surface area (Å²) in [4.78, 5) is 60.7. The monoisotopic (exact) mass is 1810 g/mol. The number of carbonyl (C=O) groups excluding carboxylic acids is 4. The maximum absolute atomic E-state index is 10.9. The molecule has 14 nitrogen and oxygen atoms in total. The third-order valence-electron chi connectivity index (χ3n) is 8.16. The highest BCUT2D eigenvalue weighted by molar-refractivity contribution is 9.14. The number of nitrogens with zero attached hydrogens (tertiary/aromatic N) is 1. The molecule has 6 aromatic heterocycles. The van der Waals surface area contributed by atoms with Crippen LogP contribution in [0.4, 0.5) is 0 Å². The first kappa shape index (κ1) is 90.9. The maximum atomic E-state index is 10.9. The molecule has 0 radical (unpaired) electrons. The minimum absolute atomic E-state index is 0. The van der Waals surface area contributed by atoms with Crippen LogP contribution in [0.3, 0.4) is 0 Å². The molecule has 0 aliphatic rings. The molecule has 0 aliphatic carbocycles. The van der Waals surface area contributed by atoms with Crippen LogP contribution in [0.1, 0.15) is 95.2 Å². The van der Waals surface area contributed by atoms with Gasteiger partial charge in [0.2, 0.25) is 23.4 Å². The van der Waals surface area contributed by atoms with Crippen LogP contribution in [0.25, 0.3) is 0 Å². The lowest BCUT2D eigenvalue weighted by Crippen LogP contribution is -2.25. The van der Waals surface area contributed by atoms with Crippen LogP contribution in [0.2, 0.25) is 0 Å². The van der Waals surface area contributed by atoms with E-state index in [-0.39, 0.29) is 50.6 Å². The molecular weight excluding hydrogens is 1750 g/mol. The van der Waals surface area contributed by atoms with E-state index in [0.29, 0.717) is 0 Å². The molecule has 0 bridgehead atoms. The second kappa shape index (κ2) is 50.9. The van der Waals surface area contributed by atoms with E-state index in [1.807, 2.05) is 67.9 Å². The van der Waals surface area contributed by atoms with Crippen molar-refractivity contribution in [3.63, 3.8) is 0 Å². The summed E-state index contributed by atoms with van der Waals surface area (Å²) in [5.41, 5.74) is 4.50. The quantitative estimate of drug-likeness (QED) is 0.0719. The van der Waals surface area contributed by atoms with Crippen molar-refractivity contribution in [2.75, 3.05) is 63.9 Å². The highest BCUT2D eigenvalue weighted by Crippen LogP contribution is 2.41. The normalized spacial score (nSPS) is 9.70. The van der Waals surface area contributed by atoms with Gasteiger partial charge in [-0.05, 0) is 226 Å². The molecule has 0 atom stereocenters. The molecule has 6 aromatic rings. The molecule has 0 saturated carbocycles. The summed E-state index contributed by atoms with van der Waals surface area (Å²) in [5.74, 6) is -1.36. The molecule has 6 rings (SSSR count). The van der Waals surface area contributed by atoms with Crippen molar-refractivity contribution in [2.24, 2.45) is 0 Å². The van der Waals surface area contributed by atoms with Crippen molar-refractivity contribution in [1.82, 2.24) is 16.0 Å². The lowest BCUT2D eigenvalue weighted by molar-refractivity contribution is -0.200. The first-order valence-electron chi connectivity index (χ1n) is 20.9. The fraction of sp³-hybridized carbons (Fsp3) is 0.429. The molecular formula is C49H71Br9ClN3O11S6. The van der Waals surface area contributed by atoms with Gasteiger partial charge < -0.3 is 23.8 Å². The van der Waals surface area contributed by atoms with Gasteiger partial charge in [0, 0.05) is 88.5 Å². The number of thiophene rings is 6. The number of hydroxylamine groups is 4. The zero-order chi connectivity index (χ0) is 59.5. The molecule has 79 heavy (non-hydrogen) atoms. The van der Waals surface area contributed by atoms with Crippen molar-refractivity contribution in [3.05, 3.63) is 120 Å². The number of nitrogens with one attached hydrogen (secondary N) is 2. The van der Waals surface area contributed by atoms with Crippen molar-refractivity contribution in [2.45, 2.75) is 81.8 Å². The first-order chi connectivity index (χ1) is 35.3. The number of rotatable bonds is 11. The van der Waals surface area contributed by atoms with Crippen molar-refractivity contribution in [3.8, 4) is 0 Å². The van der Waals surface area contributed by atoms with E-state index in [9.17, 15) is 19.2 Å². The standard InChI is InChI=1S/C9H13BrO2S.C8H10Br2O2S.C7H7BrOS.C6H4Br2OS.C4HBr3S.C4H9NO2.C4H4S.C3H7NO2.C2H7NO.2CH4.ClH/c1-6-5-7(10)8(13-6)9(2,11-3)12-4;1-8(11-2,12-3)7-5(9)4-6(10)13-7;1-4-3-6(8)7(10-4)5(2)9;1-3(9)6-4(7)2-5(8)10-6;5-2-1-3(6)8-4(2)7;1-4(6)5(2)7-3;1-2-4-5-3-1;1-3(5)4-6-2;1-3-4-2;;;/h5H,1-4H3;4H,1-3H3;3H,1-2H3;2H,1H3;1H;1-3H3;1-4H;1-2H3,(H,4,5);3H,1-2H3;2*1H4;1H. The predicted molar refractivity (Wildman–Crippen MR) is 370 cm³/mol. The van der Waals surface area contributed by atoms with E-state index >= 15 is 0 Å². The number of halogens is 10. The summed E-state index contributed by atoms with van der Waals surface area (Å²) in [6, 6.07) is 13.9. The summed E-state index contributed by atoms with van der Waals surface area (Å²) in [7, 11) is 14.2. The van der Waals surface area contributed by atoms with Crippen LogP contribution in [0.15, 0.2) is 90.7 Å². The van der Waals surface area contributed by atoms with Crippen LogP contribution in [-0.4, -0.2) is 92.3 Å². The number of ether oxygens (including phenoxy) is 4. The average Bonchev–Trinajstić information content (AvgIpc) is 4.25. The van der Waals surface area contributed by atoms with Gasteiger partial charge in [0.15, 0.2) is 11.6 Å². The Bertz CT molecular complexity index is 2400. The van der Waals surface area contributed by atoms with E-state index in [1.165, 1.54) is 55.6 Å². The predicted octanol–water partition coefficient (Wildman–Crippen LogP) is 20.5. The minimum Gasteiger partial charge on any atom is -0.349 e. The highest BCUT2D eigenvalue weighted by atomic mass is 79.9. The second-order valence-electron chi connectivity index (χ2n) is 13.8. The van der Waals surface area contributed by atoms with Gasteiger partial charge in [0.05, 0.1) is 56.0 Å². The van der Waals surface area contributed by atoms with Gasteiger partial charge in [-0.1, -0.05) is 27.0 Å². The van der Waals surface area contributed by atoms with Gasteiger partial charge in [0.25, 0.3) is 0 Å². The topological polar surface area (TPSA) is 160 Å². The number of aryl methyl sites for hydroxylation is 2. The molecule has 0 fully saturated rings. The Morgan fingerprint density at radius 1 is 0.532 bits per heavy atom. The Hall–Kier alpha value is 0.770.